The number of nitrogens with zero attached hydrogens (tertiary/aromatic N) is 1. The number of nitrogens with one attached hydrogen (secondary N) is 3. The van der Waals surface area contributed by atoms with Gasteiger partial charge < -0.3 is 20.1 Å². The van der Waals surface area contributed by atoms with E-state index in [1.165, 1.54) is 16.9 Å². The van der Waals surface area contributed by atoms with E-state index in [4.69, 9.17) is 4.18 Å². The molecule has 5 amide bonds. The van der Waals surface area contributed by atoms with Crippen molar-refractivity contribution in [2.45, 2.75) is 102 Å². The fraction of sp³-hybridized carbons (Fsp3) is 0.808. The first-order chi connectivity index (χ1) is 17.9. The standard InChI is InChI=1S/C26H46N4O6S2/c1-5-14-26(4,37)24(35)28-15-9-11-21(32)29-19-25(2,3)36-38-18-16-27-20(31)10-7-6-8-17-30-22(33)12-13-23(30)34/h37H,5-19H2,1-4H3,(H,27,31)(H,28,35)(H,29,32). The van der Waals surface area contributed by atoms with Crippen molar-refractivity contribution in [2.24, 2.45) is 0 Å². The van der Waals surface area contributed by atoms with Gasteiger partial charge >= 0.3 is 0 Å². The van der Waals surface area contributed by atoms with Crippen molar-refractivity contribution >= 4 is 54.2 Å². The third-order valence-corrected chi connectivity index (χ3v) is 7.40. The molecular formula is C26H46N4O6S2. The van der Waals surface area contributed by atoms with Crippen LogP contribution in [0.15, 0.2) is 0 Å². The maximum atomic E-state index is 12.1. The molecule has 1 rings (SSSR count). The summed E-state index contributed by atoms with van der Waals surface area (Å²) in [5, 5.41) is 8.55. The summed E-state index contributed by atoms with van der Waals surface area (Å²) in [6, 6.07) is 0. The maximum Gasteiger partial charge on any atom is 0.235 e. The van der Waals surface area contributed by atoms with Crippen molar-refractivity contribution < 1.29 is 28.2 Å². The van der Waals surface area contributed by atoms with Gasteiger partial charge in [-0.1, -0.05) is 19.8 Å². The summed E-state index contributed by atoms with van der Waals surface area (Å²) in [6.07, 6.45) is 5.64. The third kappa shape index (κ3) is 14.4. The Bertz CT molecular complexity index is 791. The summed E-state index contributed by atoms with van der Waals surface area (Å²) in [5.41, 5.74) is -0.579. The molecule has 1 atom stereocenters. The van der Waals surface area contributed by atoms with Crippen LogP contribution in [0.1, 0.15) is 91.9 Å². The predicted molar refractivity (Wildman–Crippen MR) is 153 cm³/mol. The molecular weight excluding hydrogens is 528 g/mol. The van der Waals surface area contributed by atoms with Gasteiger partial charge in [0.05, 0.1) is 10.3 Å². The van der Waals surface area contributed by atoms with Gasteiger partial charge in [0, 0.05) is 57.6 Å². The van der Waals surface area contributed by atoms with Gasteiger partial charge in [-0.05, 0) is 58.5 Å². The lowest BCUT2D eigenvalue weighted by molar-refractivity contribution is -0.138. The van der Waals surface area contributed by atoms with Crippen LogP contribution < -0.4 is 16.0 Å². The molecule has 0 bridgehead atoms. The maximum absolute atomic E-state index is 12.1. The number of thiol groups is 1. The number of carbonyl (C=O) groups excluding carboxylic acids is 5. The zero-order chi connectivity index (χ0) is 28.6. The first-order valence-corrected chi connectivity index (χ1v) is 14.9. The van der Waals surface area contributed by atoms with Crippen molar-refractivity contribution in [3.8, 4) is 0 Å². The highest BCUT2D eigenvalue weighted by atomic mass is 32.2. The van der Waals surface area contributed by atoms with Crippen LogP contribution >= 0.6 is 24.7 Å². The van der Waals surface area contributed by atoms with Crippen LogP contribution in [0.5, 0.6) is 0 Å². The van der Waals surface area contributed by atoms with E-state index in [1.54, 1.807) is 6.92 Å². The Morgan fingerprint density at radius 2 is 1.55 bits per heavy atom. The lowest BCUT2D eigenvalue weighted by atomic mass is 10.0. The quantitative estimate of drug-likeness (QED) is 0.0760. The fourth-order valence-corrected chi connectivity index (χ4v) is 4.75. The van der Waals surface area contributed by atoms with Gasteiger partial charge in [-0.2, -0.15) is 12.6 Å². The zero-order valence-electron chi connectivity index (χ0n) is 23.4. The number of carbonyl (C=O) groups is 5. The first-order valence-electron chi connectivity index (χ1n) is 13.6. The SMILES string of the molecule is CCCC(C)(S)C(=O)NCCCC(=O)NCC(C)(C)OSCCNC(=O)CCCCCN1C(=O)CCC1=O. The number of hydrogen-bond donors (Lipinski definition) is 4. The minimum absolute atomic E-state index is 0.0361. The minimum Gasteiger partial charge on any atom is -0.355 e. The van der Waals surface area contributed by atoms with E-state index in [2.05, 4.69) is 28.6 Å². The molecule has 0 saturated carbocycles. The second-order valence-corrected chi connectivity index (χ2v) is 12.2. The Kier molecular flexibility index (Phi) is 16.0. The van der Waals surface area contributed by atoms with E-state index in [9.17, 15) is 24.0 Å². The van der Waals surface area contributed by atoms with Crippen LogP contribution in [-0.4, -0.2) is 76.7 Å². The van der Waals surface area contributed by atoms with Crippen LogP contribution in [0, 0.1) is 0 Å². The molecule has 10 nitrogen and oxygen atoms in total. The van der Waals surface area contributed by atoms with Gasteiger partial charge in [-0.15, -0.1) is 0 Å². The molecule has 38 heavy (non-hydrogen) atoms. The van der Waals surface area contributed by atoms with Crippen LogP contribution in [0.25, 0.3) is 0 Å². The second kappa shape index (κ2) is 17.7. The number of unbranched alkanes of at least 4 members (excludes halogenated alkanes) is 2. The molecule has 1 heterocycles. The first kappa shape index (κ1) is 34.2. The van der Waals surface area contributed by atoms with E-state index >= 15 is 0 Å². The molecule has 1 unspecified atom stereocenters. The lowest BCUT2D eigenvalue weighted by Crippen LogP contribution is -2.41. The van der Waals surface area contributed by atoms with E-state index in [0.29, 0.717) is 83.3 Å². The molecule has 1 saturated heterocycles. The Balaban J connectivity index is 2.04. The summed E-state index contributed by atoms with van der Waals surface area (Å²) in [6.45, 7) is 9.24. The smallest absolute Gasteiger partial charge is 0.235 e. The largest absolute Gasteiger partial charge is 0.355 e. The summed E-state index contributed by atoms with van der Waals surface area (Å²) in [5.74, 6) is 0.125. The molecule has 1 fully saturated rings. The zero-order valence-corrected chi connectivity index (χ0v) is 25.1. The van der Waals surface area contributed by atoms with Crippen molar-refractivity contribution in [2.75, 3.05) is 31.9 Å². The third-order valence-electron chi connectivity index (χ3n) is 6.04. The molecule has 0 aromatic rings. The lowest BCUT2D eigenvalue weighted by Gasteiger charge is -2.24. The van der Waals surface area contributed by atoms with Gasteiger partial charge in [-0.3, -0.25) is 28.9 Å². The molecule has 12 heteroatoms. The molecule has 0 aromatic heterocycles. The minimum atomic E-state index is -0.696. The van der Waals surface area contributed by atoms with Crippen LogP contribution in [0.4, 0.5) is 0 Å². The summed E-state index contributed by atoms with van der Waals surface area (Å²) in [7, 11) is 0. The van der Waals surface area contributed by atoms with Crippen molar-refractivity contribution in [1.82, 2.24) is 20.9 Å². The normalized spacial score (nSPS) is 15.3. The number of amides is 5. The molecule has 3 N–H and O–H groups in total. The Labute approximate surface area is 237 Å². The molecule has 218 valence electrons. The van der Waals surface area contributed by atoms with Crippen LogP contribution in [-0.2, 0) is 28.2 Å². The van der Waals surface area contributed by atoms with E-state index in [0.717, 1.165) is 12.8 Å². The van der Waals surface area contributed by atoms with Crippen LogP contribution in [0.2, 0.25) is 0 Å². The molecule has 0 spiro atoms. The van der Waals surface area contributed by atoms with Gasteiger partial charge in [0.2, 0.25) is 29.5 Å². The number of hydrogen-bond acceptors (Lipinski definition) is 8. The Morgan fingerprint density at radius 1 is 0.921 bits per heavy atom. The molecule has 0 aromatic carbocycles. The predicted octanol–water partition coefficient (Wildman–Crippen LogP) is 2.76. The van der Waals surface area contributed by atoms with Crippen LogP contribution in [0.3, 0.4) is 0 Å². The molecule has 1 aliphatic rings. The van der Waals surface area contributed by atoms with Gasteiger partial charge in [0.15, 0.2) is 0 Å². The number of likely N-dealkylation sites (tertiary alicyclic amines) is 1. The molecule has 1 aliphatic heterocycles. The van der Waals surface area contributed by atoms with E-state index in [-0.39, 0.29) is 29.5 Å². The number of rotatable bonds is 20. The second-order valence-electron chi connectivity index (χ2n) is 10.4. The van der Waals surface area contributed by atoms with E-state index in [1.807, 2.05) is 20.8 Å². The Hall–Kier alpha value is -1.79. The van der Waals surface area contributed by atoms with Crippen molar-refractivity contribution in [3.63, 3.8) is 0 Å². The number of imide groups is 1. The van der Waals surface area contributed by atoms with Crippen molar-refractivity contribution in [3.05, 3.63) is 0 Å². The highest BCUT2D eigenvalue weighted by Crippen LogP contribution is 2.20. The van der Waals surface area contributed by atoms with Gasteiger partial charge in [0.1, 0.15) is 0 Å². The van der Waals surface area contributed by atoms with E-state index < -0.39 is 10.3 Å². The average Bonchev–Trinajstić information content (AvgIpc) is 3.17. The van der Waals surface area contributed by atoms with Gasteiger partial charge in [0.25, 0.3) is 0 Å². The highest BCUT2D eigenvalue weighted by Gasteiger charge is 2.28. The summed E-state index contributed by atoms with van der Waals surface area (Å²) in [4.78, 5) is 60.7. The van der Waals surface area contributed by atoms with Crippen molar-refractivity contribution in [1.29, 1.82) is 0 Å². The Morgan fingerprint density at radius 3 is 2.21 bits per heavy atom. The summed E-state index contributed by atoms with van der Waals surface area (Å²) >= 11 is 5.65. The monoisotopic (exact) mass is 574 g/mol. The summed E-state index contributed by atoms with van der Waals surface area (Å²) < 4.78 is 5.09. The molecule has 0 aliphatic carbocycles. The van der Waals surface area contributed by atoms with Gasteiger partial charge in [-0.25, -0.2) is 0 Å². The fourth-order valence-electron chi connectivity index (χ4n) is 3.80. The highest BCUT2D eigenvalue weighted by molar-refractivity contribution is 7.94. The topological polar surface area (TPSA) is 134 Å². The molecule has 0 radical (unpaired) electrons. The average molecular weight is 575 g/mol.